The number of amides is 2. The van der Waals surface area contributed by atoms with Crippen molar-refractivity contribution in [3.8, 4) is 0 Å². The Kier molecular flexibility index (Phi) is 4.96. The summed E-state index contributed by atoms with van der Waals surface area (Å²) in [5.41, 5.74) is 8.62. The minimum Gasteiger partial charge on any atom is -0.443 e. The summed E-state index contributed by atoms with van der Waals surface area (Å²) >= 11 is 1.23. The van der Waals surface area contributed by atoms with Gasteiger partial charge in [0.2, 0.25) is 0 Å². The third kappa shape index (κ3) is 3.47. The average Bonchev–Trinajstić information content (AvgIpc) is 2.96. The van der Waals surface area contributed by atoms with Gasteiger partial charge < -0.3 is 10.5 Å². The molecular formula is C16H19FN4O3S. The van der Waals surface area contributed by atoms with Crippen molar-refractivity contribution in [3.05, 3.63) is 29.6 Å². The molecule has 0 bridgehead atoms. The zero-order chi connectivity index (χ0) is 18.1. The topological polar surface area (TPSA) is 97.0 Å². The molecule has 3 N–H and O–H groups in total. The van der Waals surface area contributed by atoms with Crippen LogP contribution in [0.3, 0.4) is 0 Å². The van der Waals surface area contributed by atoms with Gasteiger partial charge in [-0.15, -0.1) is 0 Å². The van der Waals surface area contributed by atoms with E-state index in [-0.39, 0.29) is 35.7 Å². The molecule has 2 amide bonds. The summed E-state index contributed by atoms with van der Waals surface area (Å²) in [4.78, 5) is 25.0. The van der Waals surface area contributed by atoms with Crippen LogP contribution in [0.15, 0.2) is 23.3 Å². The second-order valence-electron chi connectivity index (χ2n) is 6.19. The molecule has 1 aromatic carbocycles. The van der Waals surface area contributed by atoms with Crippen molar-refractivity contribution in [2.24, 2.45) is 16.8 Å². The van der Waals surface area contributed by atoms with Crippen molar-refractivity contribution in [1.82, 2.24) is 5.43 Å². The van der Waals surface area contributed by atoms with Crippen LogP contribution >= 0.6 is 11.8 Å². The van der Waals surface area contributed by atoms with Crippen LogP contribution in [-0.2, 0) is 9.53 Å². The SMILES string of the molecule is CC(C)C1SC(c2ccc(N3C[C@H](CN)OC3=O)cc2F)=NNC1=O. The molecular weight excluding hydrogens is 347 g/mol. The summed E-state index contributed by atoms with van der Waals surface area (Å²) in [6.07, 6.45) is -0.936. The second kappa shape index (κ2) is 7.01. The van der Waals surface area contributed by atoms with E-state index in [9.17, 15) is 14.0 Å². The molecule has 3 rings (SSSR count). The van der Waals surface area contributed by atoms with Crippen LogP contribution < -0.4 is 16.1 Å². The van der Waals surface area contributed by atoms with Crippen molar-refractivity contribution in [3.63, 3.8) is 0 Å². The van der Waals surface area contributed by atoms with E-state index >= 15 is 0 Å². The van der Waals surface area contributed by atoms with Gasteiger partial charge in [-0.2, -0.15) is 5.10 Å². The molecule has 2 aliphatic rings. The minimum absolute atomic E-state index is 0.0883. The Morgan fingerprint density at radius 1 is 1.48 bits per heavy atom. The summed E-state index contributed by atoms with van der Waals surface area (Å²) < 4.78 is 19.7. The fourth-order valence-electron chi connectivity index (χ4n) is 2.63. The number of hydrogen-bond acceptors (Lipinski definition) is 6. The summed E-state index contributed by atoms with van der Waals surface area (Å²) in [5, 5.41) is 4.04. The van der Waals surface area contributed by atoms with E-state index in [2.05, 4.69) is 10.5 Å². The highest BCUT2D eigenvalue weighted by molar-refractivity contribution is 8.15. The number of ether oxygens (including phenoxy) is 1. The van der Waals surface area contributed by atoms with Crippen molar-refractivity contribution < 1.29 is 18.7 Å². The lowest BCUT2D eigenvalue weighted by atomic mass is 10.1. The van der Waals surface area contributed by atoms with Gasteiger partial charge in [-0.25, -0.2) is 14.6 Å². The number of carbonyl (C=O) groups is 2. The van der Waals surface area contributed by atoms with Gasteiger partial charge in [0, 0.05) is 12.1 Å². The van der Waals surface area contributed by atoms with E-state index in [0.29, 0.717) is 10.7 Å². The van der Waals surface area contributed by atoms with Crippen LogP contribution in [0, 0.1) is 11.7 Å². The summed E-state index contributed by atoms with van der Waals surface area (Å²) in [6.45, 7) is 4.35. The third-order valence-corrected chi connectivity index (χ3v) is 5.55. The number of thioether (sulfide) groups is 1. The molecule has 2 aliphatic heterocycles. The van der Waals surface area contributed by atoms with Gasteiger partial charge >= 0.3 is 6.09 Å². The average molecular weight is 366 g/mol. The summed E-state index contributed by atoms with van der Waals surface area (Å²) in [7, 11) is 0. The largest absolute Gasteiger partial charge is 0.443 e. The number of rotatable bonds is 4. The molecule has 134 valence electrons. The van der Waals surface area contributed by atoms with Crippen LogP contribution in [-0.4, -0.2) is 41.5 Å². The number of carbonyl (C=O) groups excluding carboxylic acids is 2. The molecule has 0 aliphatic carbocycles. The summed E-state index contributed by atoms with van der Waals surface area (Å²) in [5.74, 6) is -0.620. The van der Waals surface area contributed by atoms with Gasteiger partial charge in [0.15, 0.2) is 0 Å². The molecule has 7 nitrogen and oxygen atoms in total. The number of anilines is 1. The van der Waals surface area contributed by atoms with Crippen molar-refractivity contribution in [1.29, 1.82) is 0 Å². The van der Waals surface area contributed by atoms with E-state index in [0.717, 1.165) is 0 Å². The van der Waals surface area contributed by atoms with Gasteiger partial charge in [0.05, 0.1) is 17.5 Å². The number of hydrazone groups is 1. The monoisotopic (exact) mass is 366 g/mol. The van der Waals surface area contributed by atoms with Gasteiger partial charge in [-0.1, -0.05) is 25.6 Å². The first-order valence-electron chi connectivity index (χ1n) is 7.93. The fourth-order valence-corrected chi connectivity index (χ4v) is 3.70. The Labute approximate surface area is 148 Å². The van der Waals surface area contributed by atoms with Crippen LogP contribution in [0.4, 0.5) is 14.9 Å². The maximum Gasteiger partial charge on any atom is 0.414 e. The molecule has 0 spiro atoms. The normalized spacial score (nSPS) is 23.6. The zero-order valence-electron chi connectivity index (χ0n) is 13.9. The lowest BCUT2D eigenvalue weighted by Gasteiger charge is -2.24. The molecule has 0 aromatic heterocycles. The van der Waals surface area contributed by atoms with Crippen molar-refractivity contribution >= 4 is 34.5 Å². The van der Waals surface area contributed by atoms with E-state index in [1.54, 1.807) is 12.1 Å². The van der Waals surface area contributed by atoms with Crippen LogP contribution in [0.1, 0.15) is 19.4 Å². The Morgan fingerprint density at radius 2 is 2.24 bits per heavy atom. The minimum atomic E-state index is -0.542. The van der Waals surface area contributed by atoms with E-state index in [1.807, 2.05) is 13.8 Å². The molecule has 1 saturated heterocycles. The first-order chi connectivity index (χ1) is 11.9. The first kappa shape index (κ1) is 17.7. The lowest BCUT2D eigenvalue weighted by molar-refractivity contribution is -0.121. The molecule has 9 heteroatoms. The van der Waals surface area contributed by atoms with Gasteiger partial charge in [-0.05, 0) is 24.1 Å². The predicted octanol–water partition coefficient (Wildman–Crippen LogP) is 1.66. The Bertz CT molecular complexity index is 740. The van der Waals surface area contributed by atoms with Crippen molar-refractivity contribution in [2.45, 2.75) is 25.2 Å². The highest BCUT2D eigenvalue weighted by Crippen LogP contribution is 2.30. The van der Waals surface area contributed by atoms with E-state index in [1.165, 1.54) is 22.7 Å². The maximum atomic E-state index is 14.6. The highest BCUT2D eigenvalue weighted by atomic mass is 32.2. The number of halogens is 1. The number of cyclic esters (lactones) is 1. The Morgan fingerprint density at radius 3 is 2.84 bits per heavy atom. The lowest BCUT2D eigenvalue weighted by Crippen LogP contribution is -2.38. The van der Waals surface area contributed by atoms with Crippen LogP contribution in [0.5, 0.6) is 0 Å². The van der Waals surface area contributed by atoms with Gasteiger partial charge in [0.1, 0.15) is 17.0 Å². The fraction of sp³-hybridized carbons (Fsp3) is 0.438. The second-order valence-corrected chi connectivity index (χ2v) is 7.32. The molecule has 0 radical (unpaired) electrons. The number of nitrogens with one attached hydrogen (secondary N) is 1. The van der Waals surface area contributed by atoms with Gasteiger partial charge in [0.25, 0.3) is 5.91 Å². The molecule has 1 fully saturated rings. The zero-order valence-corrected chi connectivity index (χ0v) is 14.7. The number of nitrogens with zero attached hydrogens (tertiary/aromatic N) is 2. The van der Waals surface area contributed by atoms with Crippen LogP contribution in [0.25, 0.3) is 0 Å². The third-order valence-electron chi connectivity index (χ3n) is 4.00. The van der Waals surface area contributed by atoms with Crippen molar-refractivity contribution in [2.75, 3.05) is 18.0 Å². The van der Waals surface area contributed by atoms with E-state index in [4.69, 9.17) is 10.5 Å². The summed E-state index contributed by atoms with van der Waals surface area (Å²) in [6, 6.07) is 4.44. The standard InChI is InChI=1S/C16H19FN4O3S/c1-8(2)13-14(22)19-20-15(25-13)11-4-3-9(5-12(11)17)21-7-10(6-18)24-16(21)23/h3-5,8,10,13H,6-7,18H2,1-2H3,(H,19,22)/t10-,13?/m0/s1. The Balaban J connectivity index is 1.83. The number of hydrogen-bond donors (Lipinski definition) is 2. The number of nitrogens with two attached hydrogens (primary N) is 1. The smallest absolute Gasteiger partial charge is 0.414 e. The quantitative estimate of drug-likeness (QED) is 0.845. The molecule has 25 heavy (non-hydrogen) atoms. The highest BCUT2D eigenvalue weighted by Gasteiger charge is 2.33. The molecule has 0 saturated carbocycles. The molecule has 1 aromatic rings. The Hall–Kier alpha value is -2.13. The van der Waals surface area contributed by atoms with E-state index < -0.39 is 18.0 Å². The predicted molar refractivity (Wildman–Crippen MR) is 94.0 cm³/mol. The maximum absolute atomic E-state index is 14.6. The molecule has 1 unspecified atom stereocenters. The van der Waals surface area contributed by atoms with Crippen LogP contribution in [0.2, 0.25) is 0 Å². The molecule has 2 atom stereocenters. The molecule has 2 heterocycles. The first-order valence-corrected chi connectivity index (χ1v) is 8.81. The van der Waals surface area contributed by atoms with Gasteiger partial charge in [-0.3, -0.25) is 9.69 Å². The number of benzene rings is 1.